The van der Waals surface area contributed by atoms with Crippen LogP contribution in [0.3, 0.4) is 0 Å². The number of fused-ring (bicyclic) bond motifs is 1. The van der Waals surface area contributed by atoms with Crippen molar-refractivity contribution in [2.75, 3.05) is 0 Å². The van der Waals surface area contributed by atoms with Crippen molar-refractivity contribution in [1.82, 2.24) is 10.1 Å². The molecule has 7 heteroatoms. The van der Waals surface area contributed by atoms with Crippen LogP contribution in [0.2, 0.25) is 0 Å². The number of carboxylic acids is 1. The van der Waals surface area contributed by atoms with Gasteiger partial charge in [-0.25, -0.2) is 4.79 Å². The quantitative estimate of drug-likeness (QED) is 0.764. The minimum Gasteiger partial charge on any atom is -0.479 e. The maximum Gasteiger partial charge on any atom is 0.336 e. The summed E-state index contributed by atoms with van der Waals surface area (Å²) in [6.07, 6.45) is 0.561. The molecule has 1 aromatic carbocycles. The third kappa shape index (κ3) is 2.21. The summed E-state index contributed by atoms with van der Waals surface area (Å²) in [5.41, 5.74) is 0.757. The van der Waals surface area contributed by atoms with Crippen LogP contribution in [0.5, 0.6) is 0 Å². The van der Waals surface area contributed by atoms with Crippen molar-refractivity contribution >= 4 is 34.9 Å². The first kappa shape index (κ1) is 18.5. The number of hydrogen-bond acceptors (Lipinski definition) is 5. The molecule has 27 heavy (non-hydrogen) atoms. The molecule has 0 bridgehead atoms. The Morgan fingerprint density at radius 3 is 2.63 bits per heavy atom. The van der Waals surface area contributed by atoms with Crippen LogP contribution < -0.4 is 0 Å². The summed E-state index contributed by atoms with van der Waals surface area (Å²) < 4.78 is 5.04. The molecule has 142 valence electrons. The van der Waals surface area contributed by atoms with Crippen LogP contribution in [-0.4, -0.2) is 36.2 Å². The number of aryl methyl sites for hydroxylation is 1. The summed E-state index contributed by atoms with van der Waals surface area (Å²) in [5, 5.41) is 15.0. The molecule has 2 fully saturated rings. The molecule has 0 radical (unpaired) electrons. The fourth-order valence-electron chi connectivity index (χ4n) is 4.42. The lowest BCUT2D eigenvalue weighted by atomic mass is 9.73. The van der Waals surface area contributed by atoms with Crippen molar-refractivity contribution in [3.8, 4) is 11.3 Å². The molecule has 0 unspecified atom stereocenters. The van der Waals surface area contributed by atoms with Crippen molar-refractivity contribution in [3.63, 3.8) is 0 Å². The highest BCUT2D eigenvalue weighted by Gasteiger charge is 2.72. The van der Waals surface area contributed by atoms with Crippen molar-refractivity contribution in [2.24, 2.45) is 5.92 Å². The molecule has 0 amide bonds. The molecule has 1 N–H and O–H groups in total. The highest BCUT2D eigenvalue weighted by atomic mass is 32.2. The Hall–Kier alpha value is -1.86. The normalized spacial score (nSPS) is 28.7. The maximum atomic E-state index is 12.9. The lowest BCUT2D eigenvalue weighted by molar-refractivity contribution is -0.152. The van der Waals surface area contributed by atoms with E-state index in [2.05, 4.69) is 12.1 Å². The molecule has 1 aromatic heterocycles. The van der Waals surface area contributed by atoms with Crippen molar-refractivity contribution in [3.05, 3.63) is 41.7 Å². The van der Waals surface area contributed by atoms with E-state index in [0.29, 0.717) is 28.4 Å². The van der Waals surface area contributed by atoms with Gasteiger partial charge >= 0.3 is 5.97 Å². The Bertz CT molecular complexity index is 925. The third-order valence-electron chi connectivity index (χ3n) is 5.76. The van der Waals surface area contributed by atoms with Gasteiger partial charge in [0.15, 0.2) is 5.54 Å². The van der Waals surface area contributed by atoms with E-state index in [1.165, 1.54) is 0 Å². The van der Waals surface area contributed by atoms with Gasteiger partial charge in [0.1, 0.15) is 11.5 Å². The Kier molecular flexibility index (Phi) is 4.16. The van der Waals surface area contributed by atoms with Crippen molar-refractivity contribution < 1.29 is 14.4 Å². The van der Waals surface area contributed by atoms with Gasteiger partial charge in [-0.3, -0.25) is 0 Å². The monoisotopic (exact) mass is 402 g/mol. The molecule has 0 saturated carbocycles. The first-order valence-electron chi connectivity index (χ1n) is 9.06. The molecular weight excluding hydrogens is 380 g/mol. The number of rotatable bonds is 4. The van der Waals surface area contributed by atoms with Crippen LogP contribution in [-0.2, 0) is 16.8 Å². The Morgan fingerprint density at radius 2 is 2.04 bits per heavy atom. The first-order valence-corrected chi connectivity index (χ1v) is 10.3. The third-order valence-corrected chi connectivity index (χ3v) is 8.07. The molecule has 0 spiro atoms. The molecule has 2 aliphatic rings. The summed E-state index contributed by atoms with van der Waals surface area (Å²) >= 11 is 7.30. The van der Waals surface area contributed by atoms with Crippen molar-refractivity contribution in [1.29, 1.82) is 0 Å². The summed E-state index contributed by atoms with van der Waals surface area (Å²) in [5.74, 6) is -0.129. The fraction of sp³-hybridized carbons (Fsp3) is 0.450. The highest BCUT2D eigenvalue weighted by molar-refractivity contribution is 8.01. The van der Waals surface area contributed by atoms with E-state index in [-0.39, 0.29) is 11.3 Å². The van der Waals surface area contributed by atoms with Gasteiger partial charge in [-0.05, 0) is 13.8 Å². The lowest BCUT2D eigenvalue weighted by Gasteiger charge is -2.51. The van der Waals surface area contributed by atoms with E-state index in [9.17, 15) is 9.90 Å². The second-order valence-corrected chi connectivity index (χ2v) is 9.74. The Morgan fingerprint density at radius 1 is 1.37 bits per heavy atom. The van der Waals surface area contributed by atoms with Gasteiger partial charge in [-0.1, -0.05) is 61.6 Å². The number of aromatic nitrogens is 1. The van der Waals surface area contributed by atoms with E-state index < -0.39 is 16.3 Å². The maximum absolute atomic E-state index is 12.9. The lowest BCUT2D eigenvalue weighted by Crippen LogP contribution is -2.67. The van der Waals surface area contributed by atoms with E-state index >= 15 is 0 Å². The fourth-order valence-corrected chi connectivity index (χ4v) is 6.72. The number of carbonyl (C=O) groups is 1. The largest absolute Gasteiger partial charge is 0.479 e. The highest BCUT2D eigenvalue weighted by Crippen LogP contribution is 2.64. The number of nitrogens with zero attached hydrogens (tertiary/aromatic N) is 2. The average Bonchev–Trinajstić information content (AvgIpc) is 3.17. The number of thioether (sulfide) groups is 1. The molecule has 3 atom stereocenters. The topological polar surface area (TPSA) is 66.6 Å². The summed E-state index contributed by atoms with van der Waals surface area (Å²) in [6.45, 7) is 8.00. The van der Waals surface area contributed by atoms with Gasteiger partial charge in [-0.15, -0.1) is 11.8 Å². The van der Waals surface area contributed by atoms with E-state index in [4.69, 9.17) is 16.7 Å². The number of aliphatic carboxylic acids is 1. The van der Waals surface area contributed by atoms with Crippen LogP contribution >= 0.6 is 24.0 Å². The second kappa shape index (κ2) is 6.07. The van der Waals surface area contributed by atoms with E-state index in [1.807, 2.05) is 56.0 Å². The number of carboxylic acid groups (broad SMARTS) is 1. The van der Waals surface area contributed by atoms with Gasteiger partial charge in [0.05, 0.1) is 20.7 Å². The Balaban J connectivity index is 2.04. The molecular formula is C20H22N2O3S2. The number of benzene rings is 1. The zero-order valence-electron chi connectivity index (χ0n) is 15.7. The predicted octanol–water partition coefficient (Wildman–Crippen LogP) is 4.31. The van der Waals surface area contributed by atoms with Crippen LogP contribution in [0.25, 0.3) is 11.3 Å². The number of thiocarbonyl (C=S) groups is 1. The minimum atomic E-state index is -1.32. The van der Waals surface area contributed by atoms with Gasteiger partial charge in [0.2, 0.25) is 0 Å². The van der Waals surface area contributed by atoms with Gasteiger partial charge in [0, 0.05) is 17.9 Å². The summed E-state index contributed by atoms with van der Waals surface area (Å²) in [6, 6.07) is 9.62. The molecule has 2 saturated heterocycles. The minimum absolute atomic E-state index is 0.0480. The summed E-state index contributed by atoms with van der Waals surface area (Å²) in [7, 11) is 0. The van der Waals surface area contributed by atoms with E-state index in [1.54, 1.807) is 11.8 Å². The number of hydrogen-bond donors (Lipinski definition) is 1. The van der Waals surface area contributed by atoms with Crippen LogP contribution in [0.1, 0.15) is 39.0 Å². The predicted molar refractivity (Wildman–Crippen MR) is 110 cm³/mol. The smallest absolute Gasteiger partial charge is 0.336 e. The zero-order chi connectivity index (χ0) is 19.6. The Labute approximate surface area is 168 Å². The van der Waals surface area contributed by atoms with E-state index in [0.717, 1.165) is 5.56 Å². The summed E-state index contributed by atoms with van der Waals surface area (Å²) in [4.78, 5) is 15.6. The average molecular weight is 403 g/mol. The zero-order valence-corrected chi connectivity index (χ0v) is 17.4. The molecule has 0 aliphatic carbocycles. The molecule has 4 rings (SSSR count). The van der Waals surface area contributed by atoms with Crippen molar-refractivity contribution in [2.45, 2.75) is 49.8 Å². The van der Waals surface area contributed by atoms with Gasteiger partial charge in [0.25, 0.3) is 0 Å². The van der Waals surface area contributed by atoms with Gasteiger partial charge in [-0.2, -0.15) is 0 Å². The molecule has 5 nitrogen and oxygen atoms in total. The molecule has 2 aliphatic heterocycles. The second-order valence-electron chi connectivity index (χ2n) is 7.58. The van der Waals surface area contributed by atoms with Crippen LogP contribution in [0, 0.1) is 5.92 Å². The molecule has 3 heterocycles. The van der Waals surface area contributed by atoms with Gasteiger partial charge < -0.3 is 14.5 Å². The van der Waals surface area contributed by atoms with Crippen LogP contribution in [0.4, 0.5) is 0 Å². The van der Waals surface area contributed by atoms with Crippen LogP contribution in [0.15, 0.2) is 34.9 Å². The standard InChI is InChI=1S/C20H22N2O3S2/c1-5-13-14(15(21-25-13)12-9-7-6-8-10-12)20(18(23)24)19(3,4)27-17-11(2)16(26)22(17)20/h6-11,17H,5H2,1-4H3,(H,23,24)/t11-,17-,20+/m1/s1. The molecule has 2 aromatic rings. The first-order chi connectivity index (χ1) is 12.8. The SMILES string of the molecule is CCc1onc(-c2ccccc2)c1[C@@]1(C(=O)O)N2C(=S)[C@@H](C)[C@H]2SC1(C)C.